The lowest BCUT2D eigenvalue weighted by Crippen LogP contribution is -2.48. The number of hydrogen-bond donors (Lipinski definition) is 1. The van der Waals surface area contributed by atoms with Crippen molar-refractivity contribution in [2.45, 2.75) is 51.5 Å². The number of benzene rings is 3. The Balaban J connectivity index is 1.29. The average Bonchev–Trinajstić information content (AvgIpc) is 3.00. The van der Waals surface area contributed by atoms with E-state index in [9.17, 15) is 22.8 Å². The molecule has 1 saturated heterocycles. The number of alkyl halides is 3. The van der Waals surface area contributed by atoms with E-state index in [1.165, 1.54) is 12.1 Å². The van der Waals surface area contributed by atoms with Gasteiger partial charge in [0.05, 0.1) is 18.7 Å². The molecule has 1 N–H and O–H groups in total. The fourth-order valence-corrected chi connectivity index (χ4v) is 6.07. The number of carbonyl (C=O) groups is 2. The standard InChI is InChI=1S/C34H38F3N3O3/c35-34(36,37)30-14-12-26(13-15-30)21-39-22-29-9-4-5-11-31(29)43-18-6-10-28-23-40(33(42)24-39)17-16-27(28)19-32(41)38-20-25-7-2-1-3-8-25/h1-5,7-9,11-15,27-28H,6,10,16-24H2,(H,38,41)/t27-,28-/m0/s1. The number of hydrogen-bond acceptors (Lipinski definition) is 4. The molecule has 0 unspecified atom stereocenters. The van der Waals surface area contributed by atoms with Crippen LogP contribution in [0.3, 0.4) is 0 Å². The van der Waals surface area contributed by atoms with Crippen molar-refractivity contribution in [2.24, 2.45) is 11.8 Å². The molecule has 2 amide bonds. The molecule has 6 nitrogen and oxygen atoms in total. The van der Waals surface area contributed by atoms with Crippen molar-refractivity contribution < 1.29 is 27.5 Å². The SMILES string of the molecule is O=C(C[C@@H]1CCN2C[C@@H]1CCCOc1ccccc1CN(Cc1ccc(C(F)(F)F)cc1)CC2=O)NCc1ccccc1. The van der Waals surface area contributed by atoms with Gasteiger partial charge in [0.1, 0.15) is 5.75 Å². The van der Waals surface area contributed by atoms with E-state index in [2.05, 4.69) is 5.32 Å². The van der Waals surface area contributed by atoms with E-state index >= 15 is 0 Å². The van der Waals surface area contributed by atoms with Gasteiger partial charge >= 0.3 is 6.18 Å². The minimum Gasteiger partial charge on any atom is -0.493 e. The molecular weight excluding hydrogens is 555 g/mol. The maximum Gasteiger partial charge on any atom is 0.416 e. The number of carbonyl (C=O) groups excluding carboxylic acids is 2. The van der Waals surface area contributed by atoms with Crippen molar-refractivity contribution in [1.29, 1.82) is 0 Å². The lowest BCUT2D eigenvalue weighted by molar-refractivity contribution is -0.137. The van der Waals surface area contributed by atoms with Crippen molar-refractivity contribution in [3.05, 3.63) is 101 Å². The Morgan fingerprint density at radius 2 is 1.65 bits per heavy atom. The van der Waals surface area contributed by atoms with Gasteiger partial charge in [-0.25, -0.2) is 0 Å². The van der Waals surface area contributed by atoms with Crippen molar-refractivity contribution >= 4 is 11.8 Å². The van der Waals surface area contributed by atoms with Gasteiger partial charge < -0.3 is 15.0 Å². The van der Waals surface area contributed by atoms with E-state index in [4.69, 9.17) is 4.74 Å². The molecule has 2 heterocycles. The van der Waals surface area contributed by atoms with E-state index in [1.807, 2.05) is 64.4 Å². The summed E-state index contributed by atoms with van der Waals surface area (Å²) in [5, 5.41) is 3.04. The first kappa shape index (κ1) is 30.6. The third kappa shape index (κ3) is 8.60. The molecule has 228 valence electrons. The fraction of sp³-hybridized carbons (Fsp3) is 0.412. The second-order valence-corrected chi connectivity index (χ2v) is 11.6. The van der Waals surface area contributed by atoms with Crippen LogP contribution >= 0.6 is 0 Å². The number of para-hydroxylation sites is 1. The smallest absolute Gasteiger partial charge is 0.416 e. The number of piperidine rings is 1. The van der Waals surface area contributed by atoms with Crippen LogP contribution < -0.4 is 10.1 Å². The van der Waals surface area contributed by atoms with Crippen LogP contribution in [0.5, 0.6) is 5.75 Å². The summed E-state index contributed by atoms with van der Waals surface area (Å²) in [5.74, 6) is 1.08. The average molecular weight is 594 g/mol. The first-order valence-electron chi connectivity index (χ1n) is 14.9. The molecule has 5 rings (SSSR count). The molecule has 9 heteroatoms. The predicted octanol–water partition coefficient (Wildman–Crippen LogP) is 6.05. The topological polar surface area (TPSA) is 61.9 Å². The van der Waals surface area contributed by atoms with Gasteiger partial charge in [-0.15, -0.1) is 0 Å². The molecule has 2 atom stereocenters. The minimum atomic E-state index is -4.40. The Bertz CT molecular complexity index is 1360. The highest BCUT2D eigenvalue weighted by molar-refractivity contribution is 5.79. The number of ether oxygens (including phenoxy) is 1. The fourth-order valence-electron chi connectivity index (χ4n) is 6.07. The first-order valence-corrected chi connectivity index (χ1v) is 14.9. The van der Waals surface area contributed by atoms with Crippen LogP contribution in [0.1, 0.15) is 47.9 Å². The van der Waals surface area contributed by atoms with Gasteiger partial charge in [-0.1, -0.05) is 60.7 Å². The number of nitrogens with zero attached hydrogens (tertiary/aromatic N) is 2. The number of fused-ring (bicyclic) bond motifs is 3. The zero-order chi connectivity index (χ0) is 30.2. The van der Waals surface area contributed by atoms with Gasteiger partial charge in [0.15, 0.2) is 0 Å². The highest BCUT2D eigenvalue weighted by Crippen LogP contribution is 2.32. The van der Waals surface area contributed by atoms with Gasteiger partial charge in [0.25, 0.3) is 0 Å². The van der Waals surface area contributed by atoms with E-state index in [-0.39, 0.29) is 30.2 Å². The van der Waals surface area contributed by atoms with E-state index < -0.39 is 11.7 Å². The van der Waals surface area contributed by atoms with Crippen molar-refractivity contribution in [2.75, 3.05) is 26.2 Å². The third-order valence-electron chi connectivity index (χ3n) is 8.41. The maximum absolute atomic E-state index is 13.6. The normalized spacial score (nSPS) is 20.2. The highest BCUT2D eigenvalue weighted by Gasteiger charge is 2.34. The Kier molecular flexibility index (Phi) is 10.0. The summed E-state index contributed by atoms with van der Waals surface area (Å²) >= 11 is 0. The van der Waals surface area contributed by atoms with Crippen LogP contribution in [0.15, 0.2) is 78.9 Å². The van der Waals surface area contributed by atoms with Crippen LogP contribution in [0.2, 0.25) is 0 Å². The first-order chi connectivity index (χ1) is 20.7. The van der Waals surface area contributed by atoms with E-state index in [0.717, 1.165) is 48.3 Å². The molecule has 43 heavy (non-hydrogen) atoms. The number of nitrogens with one attached hydrogen (secondary N) is 1. The Labute approximate surface area is 250 Å². The second kappa shape index (κ2) is 14.1. The van der Waals surface area contributed by atoms with E-state index in [0.29, 0.717) is 51.3 Å². The molecule has 0 radical (unpaired) electrons. The highest BCUT2D eigenvalue weighted by atomic mass is 19.4. The summed E-state index contributed by atoms with van der Waals surface area (Å²) in [6, 6.07) is 22.6. The molecule has 1 fully saturated rings. The van der Waals surface area contributed by atoms with Gasteiger partial charge in [0, 0.05) is 44.7 Å². The molecule has 0 aromatic heterocycles. The molecule has 3 aromatic carbocycles. The molecule has 0 spiro atoms. The number of amides is 2. The summed E-state index contributed by atoms with van der Waals surface area (Å²) in [4.78, 5) is 30.4. The largest absolute Gasteiger partial charge is 0.493 e. The van der Waals surface area contributed by atoms with Crippen LogP contribution in [0.25, 0.3) is 0 Å². The van der Waals surface area contributed by atoms with E-state index in [1.54, 1.807) is 0 Å². The number of rotatable bonds is 6. The molecule has 0 aliphatic carbocycles. The summed E-state index contributed by atoms with van der Waals surface area (Å²) < 4.78 is 45.5. The molecule has 3 aromatic rings. The quantitative estimate of drug-likeness (QED) is 0.378. The lowest BCUT2D eigenvalue weighted by Gasteiger charge is -2.39. The maximum atomic E-state index is 13.6. The minimum absolute atomic E-state index is 0.0125. The zero-order valence-corrected chi connectivity index (χ0v) is 24.2. The monoisotopic (exact) mass is 593 g/mol. The van der Waals surface area contributed by atoms with Crippen molar-refractivity contribution in [3.63, 3.8) is 0 Å². The van der Waals surface area contributed by atoms with Crippen molar-refractivity contribution in [3.8, 4) is 5.75 Å². The molecular formula is C34H38F3N3O3. The Morgan fingerprint density at radius 3 is 2.42 bits per heavy atom. The van der Waals surface area contributed by atoms with Crippen LogP contribution in [0.4, 0.5) is 13.2 Å². The van der Waals surface area contributed by atoms with Gasteiger partial charge in [-0.2, -0.15) is 13.2 Å². The Hall–Kier alpha value is -3.85. The Morgan fingerprint density at radius 1 is 0.907 bits per heavy atom. The molecule has 0 saturated carbocycles. The van der Waals surface area contributed by atoms with Crippen LogP contribution in [-0.2, 0) is 35.4 Å². The summed E-state index contributed by atoms with van der Waals surface area (Å²) in [7, 11) is 0. The van der Waals surface area contributed by atoms with Gasteiger partial charge in [-0.05, 0) is 60.4 Å². The summed E-state index contributed by atoms with van der Waals surface area (Å²) in [6.07, 6.45) is -1.59. The zero-order valence-electron chi connectivity index (χ0n) is 24.2. The molecule has 2 aliphatic rings. The second-order valence-electron chi connectivity index (χ2n) is 11.6. The number of halogens is 3. The van der Waals surface area contributed by atoms with Gasteiger partial charge in [0.2, 0.25) is 11.8 Å². The van der Waals surface area contributed by atoms with Gasteiger partial charge in [-0.3, -0.25) is 14.5 Å². The molecule has 2 bridgehead atoms. The lowest BCUT2D eigenvalue weighted by atomic mass is 9.80. The third-order valence-corrected chi connectivity index (χ3v) is 8.41. The summed E-state index contributed by atoms with van der Waals surface area (Å²) in [6.45, 7) is 3.04. The summed E-state index contributed by atoms with van der Waals surface area (Å²) in [5.41, 5.74) is 1.98. The van der Waals surface area contributed by atoms with Crippen molar-refractivity contribution in [1.82, 2.24) is 15.1 Å². The predicted molar refractivity (Wildman–Crippen MR) is 158 cm³/mol. The van der Waals surface area contributed by atoms with Crippen LogP contribution in [0, 0.1) is 11.8 Å². The van der Waals surface area contributed by atoms with Crippen LogP contribution in [-0.4, -0.2) is 47.9 Å². The molecule has 2 aliphatic heterocycles.